The SMILES string of the molecule is CNC(COCCN=[N+]=[N-])COCCOCCC(=O)O. The van der Waals surface area contributed by atoms with E-state index in [2.05, 4.69) is 15.3 Å². The van der Waals surface area contributed by atoms with E-state index in [9.17, 15) is 4.79 Å². The summed E-state index contributed by atoms with van der Waals surface area (Å²) in [5, 5.41) is 14.8. The van der Waals surface area contributed by atoms with Crippen molar-refractivity contribution >= 4 is 5.97 Å². The quantitative estimate of drug-likeness (QED) is 0.206. The normalized spacial score (nSPS) is 11.8. The maximum absolute atomic E-state index is 10.2. The molecule has 1 unspecified atom stereocenters. The Morgan fingerprint density at radius 1 is 1.25 bits per heavy atom. The molecule has 0 amide bonds. The molecule has 9 heteroatoms. The highest BCUT2D eigenvalue weighted by molar-refractivity contribution is 5.66. The third-order valence-corrected chi connectivity index (χ3v) is 2.28. The number of carboxylic acids is 1. The molecule has 2 N–H and O–H groups in total. The minimum atomic E-state index is -0.876. The molecule has 116 valence electrons. The van der Waals surface area contributed by atoms with Crippen LogP contribution in [0.2, 0.25) is 0 Å². The van der Waals surface area contributed by atoms with Gasteiger partial charge in [-0.2, -0.15) is 0 Å². The summed E-state index contributed by atoms with van der Waals surface area (Å²) < 4.78 is 15.8. The standard InChI is InChI=1S/C11H22N4O5/c1-13-10(8-19-5-3-14-15-12)9-20-7-6-18-4-2-11(16)17/h10,13H,2-9H2,1H3,(H,16,17). The van der Waals surface area contributed by atoms with Gasteiger partial charge in [-0.1, -0.05) is 5.11 Å². The van der Waals surface area contributed by atoms with Crippen LogP contribution in [0.4, 0.5) is 0 Å². The molecular formula is C11H22N4O5. The molecule has 0 aromatic rings. The summed E-state index contributed by atoms with van der Waals surface area (Å²) in [6.07, 6.45) is -0.00183. The molecule has 0 aromatic carbocycles. The van der Waals surface area contributed by atoms with E-state index in [0.717, 1.165) is 0 Å². The van der Waals surface area contributed by atoms with Gasteiger partial charge in [-0.25, -0.2) is 0 Å². The van der Waals surface area contributed by atoms with Crippen LogP contribution in [0, 0.1) is 0 Å². The maximum Gasteiger partial charge on any atom is 0.305 e. The van der Waals surface area contributed by atoms with Crippen molar-refractivity contribution in [3.8, 4) is 0 Å². The minimum Gasteiger partial charge on any atom is -0.481 e. The minimum absolute atomic E-state index is 0.00183. The zero-order valence-electron chi connectivity index (χ0n) is 11.7. The van der Waals surface area contributed by atoms with Crippen LogP contribution in [-0.2, 0) is 19.0 Å². The number of rotatable bonds is 14. The summed E-state index contributed by atoms with van der Waals surface area (Å²) >= 11 is 0. The number of ether oxygens (including phenoxy) is 3. The van der Waals surface area contributed by atoms with Crippen LogP contribution >= 0.6 is 0 Å². The molecule has 0 radical (unpaired) electrons. The van der Waals surface area contributed by atoms with Gasteiger partial charge in [0.25, 0.3) is 0 Å². The van der Waals surface area contributed by atoms with E-state index in [0.29, 0.717) is 39.6 Å². The summed E-state index contributed by atoms with van der Waals surface area (Å²) in [5.74, 6) is -0.876. The number of carboxylic acid groups (broad SMARTS) is 1. The Balaban J connectivity index is 3.40. The van der Waals surface area contributed by atoms with Crippen LogP contribution < -0.4 is 5.32 Å². The van der Waals surface area contributed by atoms with E-state index in [-0.39, 0.29) is 19.1 Å². The molecular weight excluding hydrogens is 268 g/mol. The number of hydrogen-bond donors (Lipinski definition) is 2. The fourth-order valence-electron chi connectivity index (χ4n) is 1.20. The Labute approximate surface area is 117 Å². The van der Waals surface area contributed by atoms with Crippen molar-refractivity contribution in [1.29, 1.82) is 0 Å². The first kappa shape index (κ1) is 18.6. The van der Waals surface area contributed by atoms with Crippen molar-refractivity contribution in [1.82, 2.24) is 5.32 Å². The lowest BCUT2D eigenvalue weighted by Crippen LogP contribution is -2.35. The Bertz CT molecular complexity index is 297. The molecule has 0 aromatic heterocycles. The van der Waals surface area contributed by atoms with Crippen LogP contribution in [0.3, 0.4) is 0 Å². The van der Waals surface area contributed by atoms with Gasteiger partial charge in [0.05, 0.1) is 52.1 Å². The van der Waals surface area contributed by atoms with Crippen molar-refractivity contribution in [3.63, 3.8) is 0 Å². The van der Waals surface area contributed by atoms with Gasteiger partial charge < -0.3 is 24.6 Å². The van der Waals surface area contributed by atoms with Crippen molar-refractivity contribution in [3.05, 3.63) is 10.4 Å². The van der Waals surface area contributed by atoms with Crippen LogP contribution in [-0.4, -0.2) is 70.4 Å². The number of nitrogens with zero attached hydrogens (tertiary/aromatic N) is 3. The molecule has 9 nitrogen and oxygen atoms in total. The number of azide groups is 1. The van der Waals surface area contributed by atoms with E-state index in [1.54, 1.807) is 7.05 Å². The molecule has 0 spiro atoms. The lowest BCUT2D eigenvalue weighted by molar-refractivity contribution is -0.138. The topological polar surface area (TPSA) is 126 Å². The fourth-order valence-corrected chi connectivity index (χ4v) is 1.20. The number of nitrogens with one attached hydrogen (secondary N) is 1. The highest BCUT2D eigenvalue weighted by Gasteiger charge is 2.06. The molecule has 0 aliphatic heterocycles. The van der Waals surface area contributed by atoms with Crippen LogP contribution in [0.1, 0.15) is 6.42 Å². The van der Waals surface area contributed by atoms with Gasteiger partial charge in [0.1, 0.15) is 0 Å². The molecule has 0 heterocycles. The highest BCUT2D eigenvalue weighted by Crippen LogP contribution is 1.90. The largest absolute Gasteiger partial charge is 0.481 e. The molecule has 20 heavy (non-hydrogen) atoms. The Morgan fingerprint density at radius 3 is 2.50 bits per heavy atom. The zero-order valence-corrected chi connectivity index (χ0v) is 11.7. The number of aliphatic carboxylic acids is 1. The molecule has 0 fully saturated rings. The predicted octanol–water partition coefficient (Wildman–Crippen LogP) is 0.409. The first-order chi connectivity index (χ1) is 9.70. The summed E-state index contributed by atoms with van der Waals surface area (Å²) in [6.45, 7) is 2.55. The fraction of sp³-hybridized carbons (Fsp3) is 0.909. The molecule has 0 rings (SSSR count). The van der Waals surface area contributed by atoms with Crippen molar-refractivity contribution < 1.29 is 24.1 Å². The van der Waals surface area contributed by atoms with E-state index in [1.165, 1.54) is 0 Å². The van der Waals surface area contributed by atoms with Gasteiger partial charge in [-0.3, -0.25) is 4.79 Å². The van der Waals surface area contributed by atoms with Gasteiger partial charge in [-0.05, 0) is 12.6 Å². The zero-order chi connectivity index (χ0) is 15.1. The van der Waals surface area contributed by atoms with Gasteiger partial charge in [0.15, 0.2) is 0 Å². The summed E-state index contributed by atoms with van der Waals surface area (Å²) in [5.41, 5.74) is 8.08. The second-order valence-electron chi connectivity index (χ2n) is 3.85. The summed E-state index contributed by atoms with van der Waals surface area (Å²) in [7, 11) is 1.80. The maximum atomic E-state index is 10.2. The average Bonchev–Trinajstić information content (AvgIpc) is 2.43. The summed E-state index contributed by atoms with van der Waals surface area (Å²) in [4.78, 5) is 12.8. The van der Waals surface area contributed by atoms with Crippen LogP contribution in [0.15, 0.2) is 5.11 Å². The van der Waals surface area contributed by atoms with Crippen molar-refractivity contribution in [2.45, 2.75) is 12.5 Å². The smallest absolute Gasteiger partial charge is 0.305 e. The van der Waals surface area contributed by atoms with Gasteiger partial charge >= 0.3 is 5.97 Å². The van der Waals surface area contributed by atoms with E-state index in [4.69, 9.17) is 24.8 Å². The monoisotopic (exact) mass is 290 g/mol. The third-order valence-electron chi connectivity index (χ3n) is 2.28. The van der Waals surface area contributed by atoms with Crippen molar-refractivity contribution in [2.75, 3.05) is 53.2 Å². The molecule has 0 aliphatic rings. The second kappa shape index (κ2) is 14.0. The lowest BCUT2D eigenvalue weighted by Gasteiger charge is -2.16. The number of likely N-dealkylation sites (N-methyl/N-ethyl adjacent to an activating group) is 1. The molecule has 0 aliphatic carbocycles. The number of hydrogen-bond acceptors (Lipinski definition) is 6. The first-order valence-electron chi connectivity index (χ1n) is 6.33. The lowest BCUT2D eigenvalue weighted by atomic mass is 10.3. The predicted molar refractivity (Wildman–Crippen MR) is 71.6 cm³/mol. The van der Waals surface area contributed by atoms with E-state index < -0.39 is 5.97 Å². The van der Waals surface area contributed by atoms with Crippen molar-refractivity contribution in [2.24, 2.45) is 5.11 Å². The molecule has 0 saturated carbocycles. The Hall–Kier alpha value is -1.38. The van der Waals surface area contributed by atoms with Gasteiger partial charge in [0, 0.05) is 11.5 Å². The Morgan fingerprint density at radius 2 is 1.90 bits per heavy atom. The third kappa shape index (κ3) is 13.1. The second-order valence-corrected chi connectivity index (χ2v) is 3.85. The van der Waals surface area contributed by atoms with Gasteiger partial charge in [0.2, 0.25) is 0 Å². The summed E-state index contributed by atoms with van der Waals surface area (Å²) in [6, 6.07) is 0.0417. The van der Waals surface area contributed by atoms with Gasteiger partial charge in [-0.15, -0.1) is 0 Å². The van der Waals surface area contributed by atoms with E-state index >= 15 is 0 Å². The molecule has 1 atom stereocenters. The number of carbonyl (C=O) groups is 1. The molecule has 0 bridgehead atoms. The highest BCUT2D eigenvalue weighted by atomic mass is 16.5. The average molecular weight is 290 g/mol. The van der Waals surface area contributed by atoms with Crippen LogP contribution in [0.25, 0.3) is 10.4 Å². The van der Waals surface area contributed by atoms with Crippen LogP contribution in [0.5, 0.6) is 0 Å². The molecule has 0 saturated heterocycles. The van der Waals surface area contributed by atoms with E-state index in [1.807, 2.05) is 0 Å². The Kier molecular flexibility index (Phi) is 13.1. The first-order valence-corrected chi connectivity index (χ1v) is 6.33.